The quantitative estimate of drug-likeness (QED) is 0.628. The number of carbonyl (C=O) groups is 2. The van der Waals surface area contributed by atoms with Gasteiger partial charge >= 0.3 is 17.7 Å². The van der Waals surface area contributed by atoms with Gasteiger partial charge in [0.25, 0.3) is 0 Å². The summed E-state index contributed by atoms with van der Waals surface area (Å²) in [5.74, 6) is -6.92. The van der Waals surface area contributed by atoms with Gasteiger partial charge in [-0.2, -0.15) is 8.78 Å². The summed E-state index contributed by atoms with van der Waals surface area (Å²) >= 11 is 0. The Balaban J connectivity index is 2.28. The highest BCUT2D eigenvalue weighted by Crippen LogP contribution is 2.32. The van der Waals surface area contributed by atoms with Gasteiger partial charge in [-0.25, -0.2) is 4.79 Å². The van der Waals surface area contributed by atoms with Crippen LogP contribution in [0.3, 0.4) is 0 Å². The van der Waals surface area contributed by atoms with Crippen molar-refractivity contribution in [3.05, 3.63) is 60.2 Å². The molecular weight excluding hydrogens is 294 g/mol. The lowest BCUT2D eigenvalue weighted by molar-refractivity contribution is -0.165. The van der Waals surface area contributed by atoms with E-state index < -0.39 is 23.2 Å². The number of alkyl halides is 2. The Morgan fingerprint density at radius 3 is 2.23 bits per heavy atom. The number of carbonyl (C=O) groups excluding carboxylic acids is 2. The fourth-order valence-electron chi connectivity index (χ4n) is 1.73. The van der Waals surface area contributed by atoms with Gasteiger partial charge < -0.3 is 9.47 Å². The molecule has 6 heteroatoms. The third kappa shape index (κ3) is 3.28. The van der Waals surface area contributed by atoms with E-state index in [0.29, 0.717) is 5.75 Å². The molecule has 22 heavy (non-hydrogen) atoms. The number of hydrogen-bond acceptors (Lipinski definition) is 4. The number of esters is 1. The molecule has 0 fully saturated rings. The summed E-state index contributed by atoms with van der Waals surface area (Å²) in [6.45, 7) is 0. The minimum atomic E-state index is -3.98. The van der Waals surface area contributed by atoms with Crippen LogP contribution in [0.1, 0.15) is 5.56 Å². The Morgan fingerprint density at radius 1 is 0.955 bits per heavy atom. The summed E-state index contributed by atoms with van der Waals surface area (Å²) in [7, 11) is 0.866. The monoisotopic (exact) mass is 306 g/mol. The summed E-state index contributed by atoms with van der Waals surface area (Å²) in [6.07, 6.45) is 0. The van der Waals surface area contributed by atoms with Gasteiger partial charge in [0.05, 0.1) is 7.11 Å². The van der Waals surface area contributed by atoms with Crippen LogP contribution in [0.2, 0.25) is 0 Å². The summed E-state index contributed by atoms with van der Waals surface area (Å²) in [6, 6.07) is 13.4. The molecule has 114 valence electrons. The number of para-hydroxylation sites is 1. The minimum absolute atomic E-state index is 0.126. The molecule has 0 saturated heterocycles. The van der Waals surface area contributed by atoms with Crippen molar-refractivity contribution in [1.82, 2.24) is 0 Å². The van der Waals surface area contributed by atoms with Gasteiger partial charge in [-0.05, 0) is 24.3 Å². The maximum Gasteiger partial charge on any atom is 0.381 e. The van der Waals surface area contributed by atoms with E-state index in [1.165, 1.54) is 12.1 Å². The van der Waals surface area contributed by atoms with Gasteiger partial charge in [-0.1, -0.05) is 30.3 Å². The van der Waals surface area contributed by atoms with Crippen LogP contribution in [0.4, 0.5) is 8.78 Å². The highest BCUT2D eigenvalue weighted by atomic mass is 19.3. The molecule has 4 nitrogen and oxygen atoms in total. The summed E-state index contributed by atoms with van der Waals surface area (Å²) in [5.41, 5.74) is -0.642. The number of hydrogen-bond donors (Lipinski definition) is 0. The lowest BCUT2D eigenvalue weighted by Crippen LogP contribution is -2.33. The van der Waals surface area contributed by atoms with E-state index in [2.05, 4.69) is 4.74 Å². The maximum atomic E-state index is 14.0. The highest BCUT2D eigenvalue weighted by molar-refractivity contribution is 6.36. The fraction of sp³-hybridized carbons (Fsp3) is 0.125. The molecule has 0 unspecified atom stereocenters. The normalized spacial score (nSPS) is 10.9. The molecule has 0 N–H and O–H groups in total. The Labute approximate surface area is 125 Å². The molecule has 0 radical (unpaired) electrons. The Bertz CT molecular complexity index is 684. The van der Waals surface area contributed by atoms with E-state index in [9.17, 15) is 18.4 Å². The molecule has 0 atom stereocenters. The van der Waals surface area contributed by atoms with Crippen molar-refractivity contribution in [2.75, 3.05) is 7.11 Å². The van der Waals surface area contributed by atoms with E-state index in [1.54, 1.807) is 30.3 Å². The standard InChI is InChI=1S/C16H12F2O4/c1-21-15(20)14(19)16(17,18)11-6-5-9-13(10-11)22-12-7-3-2-4-8-12/h2-10H,1H3. The van der Waals surface area contributed by atoms with Crippen molar-refractivity contribution < 1.29 is 27.8 Å². The second-order valence-corrected chi connectivity index (χ2v) is 4.34. The molecule has 2 aromatic carbocycles. The first kappa shape index (κ1) is 15.6. The number of Topliss-reactive ketones (excluding diaryl/α,β-unsaturated/α-hetero) is 1. The van der Waals surface area contributed by atoms with Crippen molar-refractivity contribution >= 4 is 11.8 Å². The van der Waals surface area contributed by atoms with Gasteiger partial charge in [-0.15, -0.1) is 0 Å². The van der Waals surface area contributed by atoms with Gasteiger partial charge in [-0.3, -0.25) is 4.79 Å². The van der Waals surface area contributed by atoms with Crippen LogP contribution in [0, 0.1) is 0 Å². The molecule has 0 aliphatic heterocycles. The molecule has 2 aromatic rings. The van der Waals surface area contributed by atoms with E-state index in [1.807, 2.05) is 0 Å². The molecule has 0 aliphatic carbocycles. The van der Waals surface area contributed by atoms with E-state index >= 15 is 0 Å². The highest BCUT2D eigenvalue weighted by Gasteiger charge is 2.45. The van der Waals surface area contributed by atoms with Crippen molar-refractivity contribution in [2.24, 2.45) is 0 Å². The van der Waals surface area contributed by atoms with Crippen LogP contribution in [0.5, 0.6) is 11.5 Å². The molecule has 0 aromatic heterocycles. The van der Waals surface area contributed by atoms with Gasteiger partial charge in [0, 0.05) is 5.56 Å². The van der Waals surface area contributed by atoms with Crippen LogP contribution < -0.4 is 4.74 Å². The fourth-order valence-corrected chi connectivity index (χ4v) is 1.73. The third-order valence-electron chi connectivity index (χ3n) is 2.83. The van der Waals surface area contributed by atoms with Crippen molar-refractivity contribution in [2.45, 2.75) is 5.92 Å². The van der Waals surface area contributed by atoms with Crippen LogP contribution >= 0.6 is 0 Å². The molecule has 0 amide bonds. The topological polar surface area (TPSA) is 52.6 Å². The minimum Gasteiger partial charge on any atom is -0.463 e. The van der Waals surface area contributed by atoms with Gasteiger partial charge in [0.2, 0.25) is 0 Å². The molecule has 0 aliphatic rings. The molecule has 2 rings (SSSR count). The lowest BCUT2D eigenvalue weighted by atomic mass is 10.0. The SMILES string of the molecule is COC(=O)C(=O)C(F)(F)c1cccc(Oc2ccccc2)c1. The van der Waals surface area contributed by atoms with Crippen molar-refractivity contribution in [3.63, 3.8) is 0 Å². The molecular formula is C16H12F2O4. The number of benzene rings is 2. The largest absolute Gasteiger partial charge is 0.463 e. The second kappa shape index (κ2) is 6.34. The zero-order valence-electron chi connectivity index (χ0n) is 11.6. The second-order valence-electron chi connectivity index (χ2n) is 4.34. The first-order valence-electron chi connectivity index (χ1n) is 6.29. The zero-order valence-corrected chi connectivity index (χ0v) is 11.6. The third-order valence-corrected chi connectivity index (χ3v) is 2.83. The Kier molecular flexibility index (Phi) is 4.50. The predicted molar refractivity (Wildman–Crippen MR) is 73.9 cm³/mol. The van der Waals surface area contributed by atoms with E-state index in [-0.39, 0.29) is 5.75 Å². The predicted octanol–water partition coefficient (Wildman–Crippen LogP) is 3.31. The number of ketones is 1. The van der Waals surface area contributed by atoms with Crippen LogP contribution in [-0.2, 0) is 20.2 Å². The van der Waals surface area contributed by atoms with Crippen LogP contribution in [-0.4, -0.2) is 18.9 Å². The zero-order chi connectivity index (χ0) is 16.2. The van der Waals surface area contributed by atoms with E-state index in [4.69, 9.17) is 4.74 Å². The Morgan fingerprint density at radius 2 is 1.59 bits per heavy atom. The first-order chi connectivity index (χ1) is 10.4. The summed E-state index contributed by atoms with van der Waals surface area (Å²) in [5, 5.41) is 0. The average Bonchev–Trinajstić information content (AvgIpc) is 2.54. The van der Waals surface area contributed by atoms with Crippen LogP contribution in [0.25, 0.3) is 0 Å². The smallest absolute Gasteiger partial charge is 0.381 e. The Hall–Kier alpha value is -2.76. The molecule has 0 spiro atoms. The molecule has 0 bridgehead atoms. The molecule has 0 heterocycles. The number of ether oxygens (including phenoxy) is 2. The number of rotatable bonds is 5. The van der Waals surface area contributed by atoms with E-state index in [0.717, 1.165) is 19.2 Å². The van der Waals surface area contributed by atoms with Crippen molar-refractivity contribution in [1.29, 1.82) is 0 Å². The maximum absolute atomic E-state index is 14.0. The first-order valence-corrected chi connectivity index (χ1v) is 6.29. The average molecular weight is 306 g/mol. The van der Waals surface area contributed by atoms with Gasteiger partial charge in [0.15, 0.2) is 0 Å². The molecule has 0 saturated carbocycles. The van der Waals surface area contributed by atoms with Crippen LogP contribution in [0.15, 0.2) is 54.6 Å². The number of halogens is 2. The lowest BCUT2D eigenvalue weighted by Gasteiger charge is -2.15. The van der Waals surface area contributed by atoms with Gasteiger partial charge in [0.1, 0.15) is 11.5 Å². The van der Waals surface area contributed by atoms with Crippen molar-refractivity contribution in [3.8, 4) is 11.5 Å². The number of methoxy groups -OCH3 is 1. The summed E-state index contributed by atoms with van der Waals surface area (Å²) in [4.78, 5) is 22.4. The summed E-state index contributed by atoms with van der Waals surface area (Å²) < 4.78 is 37.5.